The number of carbonyl (C=O) groups excluding carboxylic acids is 2. The molecule has 0 saturated heterocycles. The third-order valence-electron chi connectivity index (χ3n) is 1.20. The number of nitrogens with two attached hydrogens (primary N) is 1. The van der Waals surface area contributed by atoms with Gasteiger partial charge in [0, 0.05) is 0 Å². The molecule has 0 aromatic heterocycles. The third-order valence-corrected chi connectivity index (χ3v) is 1.20. The Morgan fingerprint density at radius 1 is 1.36 bits per heavy atom. The van der Waals surface area contributed by atoms with Crippen molar-refractivity contribution in [1.29, 1.82) is 0 Å². The topological polar surface area (TPSA) is 90.6 Å². The Bertz CT molecular complexity index is 222. The fourth-order valence-corrected chi connectivity index (χ4v) is 0.645. The van der Waals surface area contributed by atoms with Crippen LogP contribution in [0.2, 0.25) is 0 Å². The smallest absolute Gasteiger partial charge is 0.408 e. The predicted octanol–water partition coefficient (Wildman–Crippen LogP) is 0.317. The molecule has 0 fully saturated rings. The van der Waals surface area contributed by atoms with E-state index in [2.05, 4.69) is 16.1 Å². The van der Waals surface area contributed by atoms with E-state index in [1.165, 1.54) is 6.92 Å². The van der Waals surface area contributed by atoms with Crippen LogP contribution in [0.15, 0.2) is 0 Å². The molecule has 6 nitrogen and oxygen atoms in total. The van der Waals surface area contributed by atoms with E-state index in [0.29, 0.717) is 0 Å². The highest BCUT2D eigenvalue weighted by Crippen LogP contribution is 2.06. The Morgan fingerprint density at radius 3 is 2.21 bits per heavy atom. The molecule has 0 heterocycles. The maximum absolute atomic E-state index is 11.1. The Morgan fingerprint density at radius 2 is 1.86 bits per heavy atom. The summed E-state index contributed by atoms with van der Waals surface area (Å²) in [6.07, 6.45) is -0.685. The largest absolute Gasteiger partial charge is 0.444 e. The molecule has 1 amide bonds. The van der Waals surface area contributed by atoms with Crippen LogP contribution in [0.25, 0.3) is 0 Å². The minimum Gasteiger partial charge on any atom is -0.444 e. The van der Waals surface area contributed by atoms with Gasteiger partial charge in [-0.15, -0.1) is 0 Å². The van der Waals surface area contributed by atoms with E-state index in [-0.39, 0.29) is 0 Å². The van der Waals surface area contributed by atoms with Crippen molar-refractivity contribution in [2.75, 3.05) is 0 Å². The van der Waals surface area contributed by atoms with Crippen molar-refractivity contribution in [2.24, 2.45) is 5.90 Å². The monoisotopic (exact) mass is 204 g/mol. The van der Waals surface area contributed by atoms with Gasteiger partial charge in [-0.1, -0.05) is 0 Å². The molecule has 0 bridgehead atoms. The van der Waals surface area contributed by atoms with Crippen LogP contribution >= 0.6 is 0 Å². The number of nitrogens with one attached hydrogen (secondary N) is 1. The van der Waals surface area contributed by atoms with Gasteiger partial charge in [-0.3, -0.25) is 0 Å². The Balaban J connectivity index is 4.01. The fourth-order valence-electron chi connectivity index (χ4n) is 0.645. The summed E-state index contributed by atoms with van der Waals surface area (Å²) in [5.41, 5.74) is -0.601. The summed E-state index contributed by atoms with van der Waals surface area (Å²) in [6, 6.07) is -0.824. The van der Waals surface area contributed by atoms with Crippen LogP contribution < -0.4 is 11.2 Å². The lowest BCUT2D eigenvalue weighted by molar-refractivity contribution is -0.146. The van der Waals surface area contributed by atoms with Gasteiger partial charge in [-0.2, -0.15) is 5.90 Å². The molecule has 0 aromatic carbocycles. The second kappa shape index (κ2) is 4.80. The summed E-state index contributed by atoms with van der Waals surface area (Å²) in [4.78, 5) is 25.8. The lowest BCUT2D eigenvalue weighted by atomic mass is 10.2. The van der Waals surface area contributed by atoms with Crippen molar-refractivity contribution < 1.29 is 19.2 Å². The molecule has 82 valence electrons. The van der Waals surface area contributed by atoms with Crippen molar-refractivity contribution in [3.8, 4) is 0 Å². The average molecular weight is 204 g/mol. The summed E-state index contributed by atoms with van der Waals surface area (Å²) in [7, 11) is 0. The molecule has 0 spiro atoms. The van der Waals surface area contributed by atoms with Gasteiger partial charge >= 0.3 is 12.1 Å². The van der Waals surface area contributed by atoms with Gasteiger partial charge in [0.2, 0.25) is 0 Å². The van der Waals surface area contributed by atoms with E-state index in [1.807, 2.05) is 0 Å². The first-order chi connectivity index (χ1) is 6.26. The second-order valence-electron chi connectivity index (χ2n) is 3.80. The van der Waals surface area contributed by atoms with E-state index in [0.717, 1.165) is 0 Å². The van der Waals surface area contributed by atoms with Crippen LogP contribution in [-0.2, 0) is 14.4 Å². The van der Waals surface area contributed by atoms with Gasteiger partial charge in [0.15, 0.2) is 0 Å². The zero-order valence-corrected chi connectivity index (χ0v) is 8.79. The molecular formula is C8H16N2O4. The van der Waals surface area contributed by atoms with Crippen LogP contribution in [0.1, 0.15) is 27.7 Å². The average Bonchev–Trinajstić information content (AvgIpc) is 1.99. The van der Waals surface area contributed by atoms with Gasteiger partial charge in [-0.05, 0) is 27.7 Å². The summed E-state index contributed by atoms with van der Waals surface area (Å²) in [5, 5.41) is 2.27. The van der Waals surface area contributed by atoms with Crippen LogP contribution in [0.4, 0.5) is 4.79 Å². The molecule has 3 N–H and O–H groups in total. The molecule has 0 aliphatic heterocycles. The van der Waals surface area contributed by atoms with E-state index in [4.69, 9.17) is 4.74 Å². The van der Waals surface area contributed by atoms with Gasteiger partial charge in [0.25, 0.3) is 0 Å². The standard InChI is InChI=1S/C8H16N2O4/c1-5(6(11)14-9)10-7(12)13-8(2,3)4/h5H,9H2,1-4H3,(H,10,12)/t5-/m0/s1. The van der Waals surface area contributed by atoms with Crippen molar-refractivity contribution in [2.45, 2.75) is 39.3 Å². The molecule has 0 saturated carbocycles. The number of carbonyl (C=O) groups is 2. The van der Waals surface area contributed by atoms with Crippen LogP contribution in [-0.4, -0.2) is 23.7 Å². The van der Waals surface area contributed by atoms with Crippen molar-refractivity contribution in [1.82, 2.24) is 5.32 Å². The van der Waals surface area contributed by atoms with Crippen molar-refractivity contribution in [3.05, 3.63) is 0 Å². The van der Waals surface area contributed by atoms with Gasteiger partial charge in [0.05, 0.1) is 0 Å². The number of hydrogen-bond donors (Lipinski definition) is 2. The molecule has 0 aromatic rings. The maximum atomic E-state index is 11.1. The van der Waals surface area contributed by atoms with E-state index in [9.17, 15) is 9.59 Å². The van der Waals surface area contributed by atoms with Gasteiger partial charge in [-0.25, -0.2) is 9.59 Å². The summed E-state index contributed by atoms with van der Waals surface area (Å²) < 4.78 is 4.90. The Hall–Kier alpha value is -1.30. The predicted molar refractivity (Wildman–Crippen MR) is 49.1 cm³/mol. The molecule has 14 heavy (non-hydrogen) atoms. The third kappa shape index (κ3) is 5.36. The van der Waals surface area contributed by atoms with Crippen LogP contribution in [0, 0.1) is 0 Å². The van der Waals surface area contributed by atoms with Crippen LogP contribution in [0.3, 0.4) is 0 Å². The number of amides is 1. The minimum atomic E-state index is -0.824. The summed E-state index contributed by atoms with van der Waals surface area (Å²) in [6.45, 7) is 6.61. The lowest BCUT2D eigenvalue weighted by Gasteiger charge is -2.20. The van der Waals surface area contributed by atoms with E-state index >= 15 is 0 Å². The highest BCUT2D eigenvalue weighted by atomic mass is 16.7. The first-order valence-corrected chi connectivity index (χ1v) is 4.16. The van der Waals surface area contributed by atoms with Crippen molar-refractivity contribution in [3.63, 3.8) is 0 Å². The number of alkyl carbamates (subject to hydrolysis) is 1. The number of hydrogen-bond acceptors (Lipinski definition) is 5. The summed E-state index contributed by atoms with van der Waals surface area (Å²) in [5.74, 6) is 3.91. The number of ether oxygens (including phenoxy) is 1. The summed E-state index contributed by atoms with van der Waals surface area (Å²) >= 11 is 0. The van der Waals surface area contributed by atoms with Gasteiger partial charge < -0.3 is 14.9 Å². The quantitative estimate of drug-likeness (QED) is 0.632. The molecule has 0 aliphatic carbocycles. The molecular weight excluding hydrogens is 188 g/mol. The highest BCUT2D eigenvalue weighted by Gasteiger charge is 2.21. The molecule has 0 aliphatic rings. The van der Waals surface area contributed by atoms with E-state index in [1.54, 1.807) is 20.8 Å². The molecule has 1 atom stereocenters. The normalized spacial score (nSPS) is 12.9. The Labute approximate surface area is 82.7 Å². The highest BCUT2D eigenvalue weighted by molar-refractivity contribution is 5.80. The molecule has 0 rings (SSSR count). The fraction of sp³-hybridized carbons (Fsp3) is 0.750. The Kier molecular flexibility index (Phi) is 4.36. The first kappa shape index (κ1) is 12.7. The number of rotatable bonds is 2. The minimum absolute atomic E-state index is 0.601. The first-order valence-electron chi connectivity index (χ1n) is 4.16. The molecule has 0 radical (unpaired) electrons. The van der Waals surface area contributed by atoms with Gasteiger partial charge in [0.1, 0.15) is 11.6 Å². The van der Waals surface area contributed by atoms with Crippen molar-refractivity contribution >= 4 is 12.1 Å². The maximum Gasteiger partial charge on any atom is 0.408 e. The van der Waals surface area contributed by atoms with Crippen LogP contribution in [0.5, 0.6) is 0 Å². The molecule has 6 heteroatoms. The lowest BCUT2D eigenvalue weighted by Crippen LogP contribution is -2.43. The zero-order valence-electron chi connectivity index (χ0n) is 8.79. The van der Waals surface area contributed by atoms with E-state index < -0.39 is 23.7 Å². The second-order valence-corrected chi connectivity index (χ2v) is 3.80. The zero-order chi connectivity index (χ0) is 11.4. The SMILES string of the molecule is C[C@H](NC(=O)OC(C)(C)C)C(=O)ON. The molecule has 0 unspecified atom stereocenters.